The molecular weight excluding hydrogens is 348 g/mol. The molecule has 2 aromatic carbocycles. The molecule has 0 aromatic heterocycles. The zero-order chi connectivity index (χ0) is 18.6. The number of fused-ring (bicyclic) bond motifs is 1. The second-order valence-electron chi connectivity index (χ2n) is 6.35. The maximum absolute atomic E-state index is 12.3. The number of hydrogen-bond donors (Lipinski definition) is 1. The van der Waals surface area contributed by atoms with Crippen LogP contribution in [0.3, 0.4) is 0 Å². The lowest BCUT2D eigenvalue weighted by molar-refractivity contribution is -0.125. The Labute approximate surface area is 156 Å². The molecule has 0 bridgehead atoms. The highest BCUT2D eigenvalue weighted by Crippen LogP contribution is 2.31. The van der Waals surface area contributed by atoms with E-state index in [4.69, 9.17) is 14.2 Å². The minimum atomic E-state index is -0.123. The monoisotopic (exact) mass is 368 g/mol. The number of rotatable bonds is 4. The van der Waals surface area contributed by atoms with Gasteiger partial charge in [-0.05, 0) is 42.0 Å². The molecule has 7 heteroatoms. The van der Waals surface area contributed by atoms with Crippen LogP contribution in [0.1, 0.15) is 5.56 Å². The highest BCUT2D eigenvalue weighted by atomic mass is 16.6. The van der Waals surface area contributed by atoms with Gasteiger partial charge in [-0.15, -0.1) is 0 Å². The molecule has 1 fully saturated rings. The summed E-state index contributed by atoms with van der Waals surface area (Å²) in [4.78, 5) is 25.9. The van der Waals surface area contributed by atoms with Crippen molar-refractivity contribution in [3.05, 3.63) is 48.0 Å². The molecule has 0 aliphatic carbocycles. The molecule has 7 nitrogen and oxygen atoms in total. The van der Waals surface area contributed by atoms with E-state index in [0.29, 0.717) is 43.6 Å². The molecule has 0 saturated carbocycles. The average Bonchev–Trinajstić information content (AvgIpc) is 2.69. The number of morpholine rings is 1. The molecule has 0 unspecified atom stereocenters. The second-order valence-corrected chi connectivity index (χ2v) is 6.35. The number of amides is 2. The zero-order valence-electron chi connectivity index (χ0n) is 14.8. The normalized spacial score (nSPS) is 16.1. The van der Waals surface area contributed by atoms with Crippen molar-refractivity contribution in [1.29, 1.82) is 0 Å². The Hall–Kier alpha value is -3.06. The fourth-order valence-electron chi connectivity index (χ4n) is 3.10. The van der Waals surface area contributed by atoms with Gasteiger partial charge >= 0.3 is 0 Å². The molecule has 1 saturated heterocycles. The largest absolute Gasteiger partial charge is 0.486 e. The van der Waals surface area contributed by atoms with Gasteiger partial charge < -0.3 is 24.4 Å². The Morgan fingerprint density at radius 3 is 2.56 bits per heavy atom. The zero-order valence-corrected chi connectivity index (χ0v) is 14.8. The predicted molar refractivity (Wildman–Crippen MR) is 99.4 cm³/mol. The smallest absolute Gasteiger partial charge is 0.253 e. The van der Waals surface area contributed by atoms with Crippen molar-refractivity contribution in [1.82, 2.24) is 0 Å². The van der Waals surface area contributed by atoms with Gasteiger partial charge in [-0.1, -0.05) is 6.07 Å². The van der Waals surface area contributed by atoms with Gasteiger partial charge in [0.05, 0.1) is 13.0 Å². The molecular formula is C20H20N2O5. The number of carbonyl (C=O) groups excluding carboxylic acids is 2. The van der Waals surface area contributed by atoms with E-state index in [1.165, 1.54) is 0 Å². The lowest BCUT2D eigenvalue weighted by Gasteiger charge is -2.26. The van der Waals surface area contributed by atoms with Crippen LogP contribution in [0.15, 0.2) is 42.5 Å². The summed E-state index contributed by atoms with van der Waals surface area (Å²) < 4.78 is 16.2. The van der Waals surface area contributed by atoms with Crippen molar-refractivity contribution in [3.63, 3.8) is 0 Å². The molecule has 140 valence electrons. The summed E-state index contributed by atoms with van der Waals surface area (Å²) in [6.45, 7) is 2.22. The van der Waals surface area contributed by atoms with Gasteiger partial charge in [0.1, 0.15) is 19.8 Å². The topological polar surface area (TPSA) is 77.1 Å². The van der Waals surface area contributed by atoms with Crippen molar-refractivity contribution >= 4 is 23.2 Å². The Morgan fingerprint density at radius 1 is 1.00 bits per heavy atom. The van der Waals surface area contributed by atoms with Crippen LogP contribution in [0, 0.1) is 0 Å². The van der Waals surface area contributed by atoms with E-state index in [9.17, 15) is 9.59 Å². The van der Waals surface area contributed by atoms with Crippen LogP contribution >= 0.6 is 0 Å². The Balaban J connectivity index is 1.37. The first-order valence-electron chi connectivity index (χ1n) is 8.85. The van der Waals surface area contributed by atoms with Crippen molar-refractivity contribution in [2.75, 3.05) is 43.2 Å². The van der Waals surface area contributed by atoms with Crippen LogP contribution in [-0.2, 0) is 20.7 Å². The number of hydrogen-bond acceptors (Lipinski definition) is 5. The van der Waals surface area contributed by atoms with E-state index in [1.807, 2.05) is 30.3 Å². The second kappa shape index (κ2) is 7.67. The van der Waals surface area contributed by atoms with Gasteiger partial charge in [-0.2, -0.15) is 0 Å². The van der Waals surface area contributed by atoms with E-state index in [1.54, 1.807) is 17.0 Å². The fraction of sp³-hybridized carbons (Fsp3) is 0.300. The van der Waals surface area contributed by atoms with Gasteiger partial charge in [0.2, 0.25) is 5.91 Å². The summed E-state index contributed by atoms with van der Waals surface area (Å²) in [5, 5.41) is 2.87. The average molecular weight is 368 g/mol. The quantitative estimate of drug-likeness (QED) is 0.893. The summed E-state index contributed by atoms with van der Waals surface area (Å²) in [5.41, 5.74) is 2.34. The molecule has 2 aliphatic rings. The fourth-order valence-corrected chi connectivity index (χ4v) is 3.10. The Bertz CT molecular complexity index is 850. The summed E-state index contributed by atoms with van der Waals surface area (Å²) in [6.07, 6.45) is 0.236. The SMILES string of the molecule is O=C(Cc1ccc2c(c1)OCCO2)Nc1ccc(N2CCOCC2=O)cc1. The maximum atomic E-state index is 12.3. The molecule has 2 aliphatic heterocycles. The van der Waals surface area contributed by atoms with Gasteiger partial charge in [-0.25, -0.2) is 0 Å². The predicted octanol–water partition coefficient (Wildman–Crippen LogP) is 2.00. The first-order valence-corrected chi connectivity index (χ1v) is 8.85. The Kier molecular flexibility index (Phi) is 4.93. The number of benzene rings is 2. The van der Waals surface area contributed by atoms with Gasteiger partial charge in [0.15, 0.2) is 11.5 Å². The van der Waals surface area contributed by atoms with E-state index in [2.05, 4.69) is 5.32 Å². The molecule has 4 rings (SSSR count). The maximum Gasteiger partial charge on any atom is 0.253 e. The summed E-state index contributed by atoms with van der Waals surface area (Å²) in [6, 6.07) is 12.7. The third-order valence-corrected chi connectivity index (χ3v) is 4.42. The first-order chi connectivity index (χ1) is 13.2. The van der Waals surface area contributed by atoms with Gasteiger partial charge in [0, 0.05) is 17.9 Å². The van der Waals surface area contributed by atoms with Crippen LogP contribution in [0.4, 0.5) is 11.4 Å². The standard InChI is InChI=1S/C20H20N2O5/c23-19(12-14-1-6-17-18(11-14)27-10-9-26-17)21-15-2-4-16(5-3-15)22-7-8-25-13-20(22)24/h1-6,11H,7-10,12-13H2,(H,21,23). The molecule has 27 heavy (non-hydrogen) atoms. The van der Waals surface area contributed by atoms with Crippen LogP contribution in [0.5, 0.6) is 11.5 Å². The van der Waals surface area contributed by atoms with Crippen molar-refractivity contribution in [3.8, 4) is 11.5 Å². The minimum Gasteiger partial charge on any atom is -0.486 e. The van der Waals surface area contributed by atoms with Gasteiger partial charge in [0.25, 0.3) is 5.91 Å². The molecule has 2 aromatic rings. The number of nitrogens with one attached hydrogen (secondary N) is 1. The van der Waals surface area contributed by atoms with E-state index in [0.717, 1.165) is 11.3 Å². The number of anilines is 2. The van der Waals surface area contributed by atoms with Crippen LogP contribution in [0.2, 0.25) is 0 Å². The minimum absolute atomic E-state index is 0.0587. The first kappa shape index (κ1) is 17.4. The summed E-state index contributed by atoms with van der Waals surface area (Å²) in [5.74, 6) is 1.20. The van der Waals surface area contributed by atoms with Crippen molar-refractivity contribution < 1.29 is 23.8 Å². The third-order valence-electron chi connectivity index (χ3n) is 4.42. The number of nitrogens with zero attached hydrogens (tertiary/aromatic N) is 1. The lowest BCUT2D eigenvalue weighted by Crippen LogP contribution is -2.41. The Morgan fingerprint density at radius 2 is 1.78 bits per heavy atom. The highest BCUT2D eigenvalue weighted by Gasteiger charge is 2.20. The van der Waals surface area contributed by atoms with Crippen LogP contribution in [0.25, 0.3) is 0 Å². The van der Waals surface area contributed by atoms with Crippen LogP contribution < -0.4 is 19.7 Å². The highest BCUT2D eigenvalue weighted by molar-refractivity contribution is 5.96. The summed E-state index contributed by atoms with van der Waals surface area (Å²) >= 11 is 0. The lowest BCUT2D eigenvalue weighted by atomic mass is 10.1. The van der Waals surface area contributed by atoms with E-state index < -0.39 is 0 Å². The van der Waals surface area contributed by atoms with Crippen molar-refractivity contribution in [2.24, 2.45) is 0 Å². The van der Waals surface area contributed by atoms with Crippen molar-refractivity contribution in [2.45, 2.75) is 6.42 Å². The van der Waals surface area contributed by atoms with Crippen LogP contribution in [-0.4, -0.2) is 44.8 Å². The van der Waals surface area contributed by atoms with Gasteiger partial charge in [-0.3, -0.25) is 9.59 Å². The summed E-state index contributed by atoms with van der Waals surface area (Å²) in [7, 11) is 0. The molecule has 2 amide bonds. The molecule has 2 heterocycles. The molecule has 0 spiro atoms. The molecule has 1 N–H and O–H groups in total. The number of ether oxygens (including phenoxy) is 3. The number of carbonyl (C=O) groups is 2. The third kappa shape index (κ3) is 4.03. The van der Waals surface area contributed by atoms with E-state index in [-0.39, 0.29) is 24.8 Å². The molecule has 0 atom stereocenters. The molecule has 0 radical (unpaired) electrons. The van der Waals surface area contributed by atoms with E-state index >= 15 is 0 Å².